The van der Waals surface area contributed by atoms with E-state index in [1.807, 2.05) is 6.92 Å². The van der Waals surface area contributed by atoms with Gasteiger partial charge in [-0.05, 0) is 19.9 Å². The van der Waals surface area contributed by atoms with Crippen LogP contribution in [0, 0.1) is 13.8 Å². The average molecular weight is 338 g/mol. The van der Waals surface area contributed by atoms with Gasteiger partial charge in [-0.2, -0.15) is 13.2 Å². The number of halogens is 3. The van der Waals surface area contributed by atoms with E-state index in [0.717, 1.165) is 17.4 Å². The van der Waals surface area contributed by atoms with Gasteiger partial charge in [-0.15, -0.1) is 0 Å². The van der Waals surface area contributed by atoms with E-state index in [2.05, 4.69) is 15.0 Å². The van der Waals surface area contributed by atoms with Crippen molar-refractivity contribution in [1.29, 1.82) is 0 Å². The molecular formula is C16H17F3N4O. The molecule has 0 amide bonds. The third kappa shape index (κ3) is 3.58. The molecule has 5 nitrogen and oxygen atoms in total. The Hall–Kier alpha value is -2.38. The summed E-state index contributed by atoms with van der Waals surface area (Å²) in [6.07, 6.45) is -0.502. The molecule has 8 heteroatoms. The van der Waals surface area contributed by atoms with E-state index >= 15 is 0 Å². The number of nitrogens with zero attached hydrogens (tertiary/aromatic N) is 4. The highest BCUT2D eigenvalue weighted by Gasteiger charge is 2.35. The summed E-state index contributed by atoms with van der Waals surface area (Å²) in [6.45, 7) is 4.43. The third-order valence-corrected chi connectivity index (χ3v) is 3.85. The number of pyridine rings is 1. The van der Waals surface area contributed by atoms with E-state index in [-0.39, 0.29) is 17.7 Å². The Morgan fingerprint density at radius 2 is 2.04 bits per heavy atom. The fraction of sp³-hybridized carbons (Fsp3) is 0.438. The monoisotopic (exact) mass is 338 g/mol. The second-order valence-corrected chi connectivity index (χ2v) is 5.77. The molecule has 1 atom stereocenters. The van der Waals surface area contributed by atoms with E-state index in [4.69, 9.17) is 4.74 Å². The van der Waals surface area contributed by atoms with Crippen molar-refractivity contribution in [1.82, 2.24) is 15.0 Å². The minimum absolute atomic E-state index is 0.101. The van der Waals surface area contributed by atoms with Gasteiger partial charge in [-0.1, -0.05) is 0 Å². The van der Waals surface area contributed by atoms with Gasteiger partial charge in [0, 0.05) is 37.0 Å². The van der Waals surface area contributed by atoms with Crippen molar-refractivity contribution in [3.05, 3.63) is 41.6 Å². The predicted molar refractivity (Wildman–Crippen MR) is 82.0 cm³/mol. The lowest BCUT2D eigenvalue weighted by atomic mass is 10.2. The van der Waals surface area contributed by atoms with Crippen LogP contribution in [0.5, 0.6) is 5.75 Å². The summed E-state index contributed by atoms with van der Waals surface area (Å²) in [5.74, 6) is 1.13. The van der Waals surface area contributed by atoms with Crippen molar-refractivity contribution in [3.8, 4) is 5.75 Å². The first kappa shape index (κ1) is 16.5. The van der Waals surface area contributed by atoms with Crippen molar-refractivity contribution in [3.63, 3.8) is 0 Å². The molecule has 128 valence electrons. The maximum absolute atomic E-state index is 12.9. The van der Waals surface area contributed by atoms with Crippen LogP contribution in [0.3, 0.4) is 0 Å². The summed E-state index contributed by atoms with van der Waals surface area (Å²) in [5, 5.41) is 0. The number of aryl methyl sites for hydroxylation is 2. The SMILES string of the molecule is Cc1nc(N2CCC(Oc3ccncc3C)C2)cc(C(F)(F)F)n1. The standard InChI is InChI=1S/C16H17F3N4O/c1-10-8-20-5-3-13(10)24-12-4-6-23(9-12)15-7-14(16(17,18)19)21-11(2)22-15/h3,5,7-8,12H,4,6,9H2,1-2H3. The first-order valence-corrected chi connectivity index (χ1v) is 7.58. The lowest BCUT2D eigenvalue weighted by Gasteiger charge is -2.20. The Morgan fingerprint density at radius 3 is 2.75 bits per heavy atom. The number of anilines is 1. The Morgan fingerprint density at radius 1 is 1.25 bits per heavy atom. The van der Waals surface area contributed by atoms with Crippen molar-refractivity contribution >= 4 is 5.82 Å². The van der Waals surface area contributed by atoms with Gasteiger partial charge in [0.1, 0.15) is 29.2 Å². The molecule has 1 saturated heterocycles. The van der Waals surface area contributed by atoms with Crippen LogP contribution < -0.4 is 9.64 Å². The number of aromatic nitrogens is 3. The zero-order chi connectivity index (χ0) is 17.3. The second kappa shape index (κ2) is 6.26. The zero-order valence-corrected chi connectivity index (χ0v) is 13.3. The maximum atomic E-state index is 12.9. The second-order valence-electron chi connectivity index (χ2n) is 5.77. The van der Waals surface area contributed by atoms with Crippen LogP contribution in [0.15, 0.2) is 24.5 Å². The fourth-order valence-corrected chi connectivity index (χ4v) is 2.66. The average Bonchev–Trinajstić information content (AvgIpc) is 2.97. The molecule has 1 fully saturated rings. The van der Waals surface area contributed by atoms with Gasteiger partial charge in [0.05, 0.1) is 6.54 Å². The number of rotatable bonds is 3. The summed E-state index contributed by atoms with van der Waals surface area (Å²) in [6, 6.07) is 2.78. The molecule has 1 aliphatic heterocycles. The number of hydrogen-bond acceptors (Lipinski definition) is 5. The fourth-order valence-electron chi connectivity index (χ4n) is 2.66. The van der Waals surface area contributed by atoms with Gasteiger partial charge in [-0.3, -0.25) is 4.98 Å². The Labute approximate surface area is 137 Å². The van der Waals surface area contributed by atoms with Crippen LogP contribution in [0.1, 0.15) is 23.5 Å². The summed E-state index contributed by atoms with van der Waals surface area (Å²) >= 11 is 0. The van der Waals surface area contributed by atoms with Crippen molar-refractivity contribution in [2.75, 3.05) is 18.0 Å². The highest BCUT2D eigenvalue weighted by molar-refractivity contribution is 5.42. The van der Waals surface area contributed by atoms with E-state index < -0.39 is 11.9 Å². The van der Waals surface area contributed by atoms with Gasteiger partial charge in [0.25, 0.3) is 0 Å². The number of ether oxygens (including phenoxy) is 1. The molecule has 1 aliphatic rings. The van der Waals surface area contributed by atoms with E-state index in [1.165, 1.54) is 6.92 Å². The van der Waals surface area contributed by atoms with Gasteiger partial charge >= 0.3 is 6.18 Å². The van der Waals surface area contributed by atoms with Crippen LogP contribution in [-0.2, 0) is 6.18 Å². The first-order valence-electron chi connectivity index (χ1n) is 7.58. The predicted octanol–water partition coefficient (Wildman–Crippen LogP) is 3.16. The lowest BCUT2D eigenvalue weighted by Crippen LogP contribution is -2.26. The summed E-state index contributed by atoms with van der Waals surface area (Å²) in [7, 11) is 0. The first-order chi connectivity index (χ1) is 11.3. The minimum Gasteiger partial charge on any atom is -0.488 e. The lowest BCUT2D eigenvalue weighted by molar-refractivity contribution is -0.141. The summed E-state index contributed by atoms with van der Waals surface area (Å²) < 4.78 is 44.7. The van der Waals surface area contributed by atoms with Crippen LogP contribution in [0.4, 0.5) is 19.0 Å². The molecule has 24 heavy (non-hydrogen) atoms. The molecule has 1 unspecified atom stereocenters. The van der Waals surface area contributed by atoms with Gasteiger partial charge < -0.3 is 9.64 Å². The van der Waals surface area contributed by atoms with E-state index in [1.54, 1.807) is 23.4 Å². The molecule has 0 N–H and O–H groups in total. The molecule has 2 aromatic rings. The topological polar surface area (TPSA) is 51.1 Å². The van der Waals surface area contributed by atoms with Crippen LogP contribution in [-0.4, -0.2) is 34.1 Å². The van der Waals surface area contributed by atoms with E-state index in [0.29, 0.717) is 19.5 Å². The minimum atomic E-state index is -4.48. The molecule has 0 spiro atoms. The third-order valence-electron chi connectivity index (χ3n) is 3.85. The quantitative estimate of drug-likeness (QED) is 0.860. The largest absolute Gasteiger partial charge is 0.488 e. The van der Waals surface area contributed by atoms with Crippen molar-refractivity contribution < 1.29 is 17.9 Å². The highest BCUT2D eigenvalue weighted by Crippen LogP contribution is 2.31. The van der Waals surface area contributed by atoms with Gasteiger partial charge in [0.2, 0.25) is 0 Å². The van der Waals surface area contributed by atoms with Crippen LogP contribution in [0.2, 0.25) is 0 Å². The zero-order valence-electron chi connectivity index (χ0n) is 13.3. The smallest absolute Gasteiger partial charge is 0.433 e. The highest BCUT2D eigenvalue weighted by atomic mass is 19.4. The molecule has 0 saturated carbocycles. The Kier molecular flexibility index (Phi) is 4.29. The maximum Gasteiger partial charge on any atom is 0.433 e. The Bertz CT molecular complexity index is 736. The van der Waals surface area contributed by atoms with Crippen LogP contribution in [0.25, 0.3) is 0 Å². The summed E-state index contributed by atoms with van der Waals surface area (Å²) in [4.78, 5) is 13.4. The van der Waals surface area contributed by atoms with Crippen molar-refractivity contribution in [2.24, 2.45) is 0 Å². The summed E-state index contributed by atoms with van der Waals surface area (Å²) in [5.41, 5.74) is 0.00698. The molecule has 3 rings (SSSR count). The Balaban J connectivity index is 1.74. The van der Waals surface area contributed by atoms with Gasteiger partial charge in [0.15, 0.2) is 0 Å². The molecule has 0 radical (unpaired) electrons. The molecule has 3 heterocycles. The van der Waals surface area contributed by atoms with Gasteiger partial charge in [-0.25, -0.2) is 9.97 Å². The molecule has 0 bridgehead atoms. The normalized spacial score (nSPS) is 18.0. The van der Waals surface area contributed by atoms with Crippen LogP contribution >= 0.6 is 0 Å². The number of alkyl halides is 3. The van der Waals surface area contributed by atoms with Crippen molar-refractivity contribution in [2.45, 2.75) is 32.5 Å². The molecule has 0 aromatic carbocycles. The number of hydrogen-bond donors (Lipinski definition) is 0. The molecular weight excluding hydrogens is 321 g/mol. The molecule has 0 aliphatic carbocycles. The van der Waals surface area contributed by atoms with E-state index in [9.17, 15) is 13.2 Å². The molecule has 2 aromatic heterocycles.